The molecule has 0 saturated carbocycles. The van der Waals surface area contributed by atoms with Gasteiger partial charge in [-0.25, -0.2) is 4.98 Å². The van der Waals surface area contributed by atoms with Crippen LogP contribution in [0.5, 0.6) is 5.75 Å². The molecule has 0 radical (unpaired) electrons. The highest BCUT2D eigenvalue weighted by Crippen LogP contribution is 2.32. The van der Waals surface area contributed by atoms with E-state index >= 15 is 0 Å². The number of piperazine rings is 1. The van der Waals surface area contributed by atoms with Gasteiger partial charge in [0, 0.05) is 55.4 Å². The SMILES string of the molecule is COc1ccc(-c2[nH]c3ccccc3c2CCC(=O)N2CCN(c3ccc(Cl)cn3)CC2)cc1. The molecular weight excluding hydrogens is 448 g/mol. The molecule has 6 nitrogen and oxygen atoms in total. The molecule has 1 fully saturated rings. The third-order valence-corrected chi connectivity index (χ3v) is 6.67. The predicted molar refractivity (Wildman–Crippen MR) is 137 cm³/mol. The first-order chi connectivity index (χ1) is 16.6. The Morgan fingerprint density at radius 1 is 1.03 bits per heavy atom. The van der Waals surface area contributed by atoms with Gasteiger partial charge in [0.25, 0.3) is 0 Å². The number of aromatic nitrogens is 2. The van der Waals surface area contributed by atoms with Crippen molar-refractivity contribution >= 4 is 34.2 Å². The Bertz CT molecular complexity index is 1280. The summed E-state index contributed by atoms with van der Waals surface area (Å²) in [5.74, 6) is 1.92. The van der Waals surface area contributed by atoms with Crippen molar-refractivity contribution in [1.82, 2.24) is 14.9 Å². The van der Waals surface area contributed by atoms with E-state index in [-0.39, 0.29) is 5.91 Å². The molecular formula is C27H27ClN4O2. The molecule has 2 aromatic heterocycles. The van der Waals surface area contributed by atoms with Crippen LogP contribution in [0.1, 0.15) is 12.0 Å². The number of rotatable bonds is 6. The lowest BCUT2D eigenvalue weighted by Gasteiger charge is -2.35. The van der Waals surface area contributed by atoms with Gasteiger partial charge in [-0.1, -0.05) is 29.8 Å². The van der Waals surface area contributed by atoms with E-state index in [1.165, 1.54) is 10.9 Å². The van der Waals surface area contributed by atoms with Gasteiger partial charge >= 0.3 is 0 Å². The molecule has 1 saturated heterocycles. The number of para-hydroxylation sites is 1. The molecule has 174 valence electrons. The molecule has 1 aliphatic rings. The van der Waals surface area contributed by atoms with Crippen LogP contribution in [0.2, 0.25) is 5.02 Å². The second-order valence-electron chi connectivity index (χ2n) is 8.46. The van der Waals surface area contributed by atoms with E-state index in [1.807, 2.05) is 41.3 Å². The number of halogens is 1. The number of aromatic amines is 1. The molecule has 7 heteroatoms. The minimum Gasteiger partial charge on any atom is -0.497 e. The Kier molecular flexibility index (Phi) is 6.41. The molecule has 0 bridgehead atoms. The van der Waals surface area contributed by atoms with E-state index in [2.05, 4.69) is 39.1 Å². The van der Waals surface area contributed by atoms with Gasteiger partial charge in [0.05, 0.1) is 12.1 Å². The lowest BCUT2D eigenvalue weighted by molar-refractivity contribution is -0.131. The molecule has 0 unspecified atom stereocenters. The van der Waals surface area contributed by atoms with Gasteiger partial charge in [-0.2, -0.15) is 0 Å². The van der Waals surface area contributed by atoms with Crippen LogP contribution in [0.3, 0.4) is 0 Å². The smallest absolute Gasteiger partial charge is 0.223 e. The van der Waals surface area contributed by atoms with Crippen LogP contribution in [0, 0.1) is 0 Å². The highest BCUT2D eigenvalue weighted by molar-refractivity contribution is 6.30. The van der Waals surface area contributed by atoms with Crippen LogP contribution in [0.25, 0.3) is 22.2 Å². The standard InChI is InChI=1S/C27H27ClN4O2/c1-34-21-9-6-19(7-10-21)27-23(22-4-2-3-5-24(22)30-27)11-13-26(33)32-16-14-31(15-17-32)25-12-8-20(28)18-29-25/h2-10,12,18,30H,11,13-17H2,1H3. The lowest BCUT2D eigenvalue weighted by Crippen LogP contribution is -2.49. The predicted octanol–water partition coefficient (Wildman–Crippen LogP) is 5.17. The number of H-pyrrole nitrogens is 1. The first kappa shape index (κ1) is 22.3. The van der Waals surface area contributed by atoms with Crippen molar-refractivity contribution in [1.29, 1.82) is 0 Å². The number of methoxy groups -OCH3 is 1. The Labute approximate surface area is 204 Å². The van der Waals surface area contributed by atoms with Gasteiger partial charge in [-0.05, 0) is 60.0 Å². The summed E-state index contributed by atoms with van der Waals surface area (Å²) in [6.07, 6.45) is 2.82. The quantitative estimate of drug-likeness (QED) is 0.418. The summed E-state index contributed by atoms with van der Waals surface area (Å²) in [4.78, 5) is 25.2. The number of carbonyl (C=O) groups is 1. The highest BCUT2D eigenvalue weighted by Gasteiger charge is 2.23. The van der Waals surface area contributed by atoms with Crippen molar-refractivity contribution in [3.63, 3.8) is 0 Å². The fourth-order valence-electron chi connectivity index (χ4n) is 4.59. The number of hydrogen-bond donors (Lipinski definition) is 1. The molecule has 5 rings (SSSR count). The maximum atomic E-state index is 13.1. The number of nitrogens with one attached hydrogen (secondary N) is 1. The topological polar surface area (TPSA) is 61.5 Å². The van der Waals surface area contributed by atoms with E-state index in [0.29, 0.717) is 31.0 Å². The van der Waals surface area contributed by atoms with Gasteiger partial charge < -0.3 is 19.5 Å². The van der Waals surface area contributed by atoms with Crippen molar-refractivity contribution < 1.29 is 9.53 Å². The maximum Gasteiger partial charge on any atom is 0.223 e. The Morgan fingerprint density at radius 3 is 2.50 bits per heavy atom. The van der Waals surface area contributed by atoms with Crippen LogP contribution < -0.4 is 9.64 Å². The molecule has 1 aliphatic heterocycles. The fraction of sp³-hybridized carbons (Fsp3) is 0.259. The van der Waals surface area contributed by atoms with Gasteiger partial charge in [0.1, 0.15) is 11.6 Å². The minimum absolute atomic E-state index is 0.190. The molecule has 2 aromatic carbocycles. The summed E-state index contributed by atoms with van der Waals surface area (Å²) in [5, 5.41) is 1.80. The second-order valence-corrected chi connectivity index (χ2v) is 8.89. The summed E-state index contributed by atoms with van der Waals surface area (Å²) in [7, 11) is 1.67. The molecule has 1 N–H and O–H groups in total. The van der Waals surface area contributed by atoms with E-state index in [1.54, 1.807) is 13.3 Å². The second kappa shape index (κ2) is 9.77. The van der Waals surface area contributed by atoms with Gasteiger partial charge in [-0.3, -0.25) is 4.79 Å². The monoisotopic (exact) mass is 474 g/mol. The number of amides is 1. The van der Waals surface area contributed by atoms with Gasteiger partial charge in [-0.15, -0.1) is 0 Å². The van der Waals surface area contributed by atoms with Crippen LogP contribution >= 0.6 is 11.6 Å². The van der Waals surface area contributed by atoms with E-state index in [0.717, 1.165) is 41.4 Å². The normalized spacial score (nSPS) is 13.9. The third-order valence-electron chi connectivity index (χ3n) is 6.45. The summed E-state index contributed by atoms with van der Waals surface area (Å²) in [6, 6.07) is 20.1. The number of anilines is 1. The van der Waals surface area contributed by atoms with Crippen LogP contribution in [-0.2, 0) is 11.2 Å². The average molecular weight is 475 g/mol. The summed E-state index contributed by atoms with van der Waals surface area (Å²) in [5.41, 5.74) is 4.41. The number of benzene rings is 2. The van der Waals surface area contributed by atoms with Crippen molar-refractivity contribution in [3.8, 4) is 17.0 Å². The molecule has 0 atom stereocenters. The number of aryl methyl sites for hydroxylation is 1. The lowest BCUT2D eigenvalue weighted by atomic mass is 10.0. The van der Waals surface area contributed by atoms with Crippen molar-refractivity contribution in [2.24, 2.45) is 0 Å². The molecule has 4 aromatic rings. The van der Waals surface area contributed by atoms with Gasteiger partial charge in [0.2, 0.25) is 5.91 Å². The van der Waals surface area contributed by atoms with Crippen molar-refractivity contribution in [2.45, 2.75) is 12.8 Å². The molecule has 3 heterocycles. The van der Waals surface area contributed by atoms with E-state index in [4.69, 9.17) is 16.3 Å². The van der Waals surface area contributed by atoms with Gasteiger partial charge in [0.15, 0.2) is 0 Å². The highest BCUT2D eigenvalue weighted by atomic mass is 35.5. The maximum absolute atomic E-state index is 13.1. The van der Waals surface area contributed by atoms with E-state index in [9.17, 15) is 4.79 Å². The summed E-state index contributed by atoms with van der Waals surface area (Å²) in [6.45, 7) is 2.93. The van der Waals surface area contributed by atoms with Crippen LogP contribution in [-0.4, -0.2) is 54.1 Å². The Balaban J connectivity index is 1.28. The number of fused-ring (bicyclic) bond motifs is 1. The van der Waals surface area contributed by atoms with Crippen molar-refractivity contribution in [2.75, 3.05) is 38.2 Å². The molecule has 34 heavy (non-hydrogen) atoms. The average Bonchev–Trinajstić information content (AvgIpc) is 3.26. The number of nitrogens with zero attached hydrogens (tertiary/aromatic N) is 3. The third kappa shape index (κ3) is 4.59. The van der Waals surface area contributed by atoms with Crippen molar-refractivity contribution in [3.05, 3.63) is 77.4 Å². The minimum atomic E-state index is 0.190. The van der Waals surface area contributed by atoms with Crippen LogP contribution in [0.15, 0.2) is 66.9 Å². The molecule has 0 aliphatic carbocycles. The first-order valence-electron chi connectivity index (χ1n) is 11.5. The Hall–Kier alpha value is -3.51. The first-order valence-corrected chi connectivity index (χ1v) is 11.9. The van der Waals surface area contributed by atoms with E-state index < -0.39 is 0 Å². The zero-order valence-electron chi connectivity index (χ0n) is 19.1. The summed E-state index contributed by atoms with van der Waals surface area (Å²) < 4.78 is 5.31. The Morgan fingerprint density at radius 2 is 1.79 bits per heavy atom. The number of ether oxygens (including phenoxy) is 1. The number of pyridine rings is 1. The fourth-order valence-corrected chi connectivity index (χ4v) is 4.71. The van der Waals surface area contributed by atoms with Crippen LogP contribution in [0.4, 0.5) is 5.82 Å². The molecule has 0 spiro atoms. The largest absolute Gasteiger partial charge is 0.497 e. The zero-order chi connectivity index (χ0) is 23.5. The number of carbonyl (C=O) groups excluding carboxylic acids is 1. The number of hydrogen-bond acceptors (Lipinski definition) is 4. The summed E-state index contributed by atoms with van der Waals surface area (Å²) >= 11 is 5.95. The zero-order valence-corrected chi connectivity index (χ0v) is 19.9. The molecule has 1 amide bonds.